The van der Waals surface area contributed by atoms with E-state index in [1.54, 1.807) is 0 Å². The maximum atomic E-state index is 13.6. The molecule has 0 radical (unpaired) electrons. The van der Waals surface area contributed by atoms with Crippen molar-refractivity contribution in [3.63, 3.8) is 0 Å². The van der Waals surface area contributed by atoms with Crippen LogP contribution in [0.5, 0.6) is 5.75 Å². The molecule has 3 N–H and O–H groups in total. The van der Waals surface area contributed by atoms with Gasteiger partial charge in [0, 0.05) is 5.69 Å². The molecular formula is C26H21F6N3O7S. The summed E-state index contributed by atoms with van der Waals surface area (Å²) in [7, 11) is -4.70. The fourth-order valence-corrected chi connectivity index (χ4v) is 5.59. The summed E-state index contributed by atoms with van der Waals surface area (Å²) >= 11 is 0. The Bertz CT molecular complexity index is 1610. The Labute approximate surface area is 239 Å². The lowest BCUT2D eigenvalue weighted by Gasteiger charge is -2.35. The average molecular weight is 634 g/mol. The van der Waals surface area contributed by atoms with Gasteiger partial charge in [0.1, 0.15) is 11.9 Å². The summed E-state index contributed by atoms with van der Waals surface area (Å²) in [6.45, 7) is -0.859. The molecule has 2 amide bonds. The molecule has 1 atom stereocenters. The normalized spacial score (nSPS) is 15.3. The van der Waals surface area contributed by atoms with Gasteiger partial charge in [-0.05, 0) is 54.1 Å². The number of anilines is 2. The average Bonchev–Trinajstić information content (AvgIpc) is 2.92. The van der Waals surface area contributed by atoms with Gasteiger partial charge in [0.05, 0.1) is 41.3 Å². The van der Waals surface area contributed by atoms with Crippen LogP contribution in [0.3, 0.4) is 0 Å². The van der Waals surface area contributed by atoms with Gasteiger partial charge < -0.3 is 9.84 Å². The monoisotopic (exact) mass is 633 g/mol. The molecule has 1 unspecified atom stereocenters. The lowest BCUT2D eigenvalue weighted by atomic mass is 10.1. The SMILES string of the molecule is O=C(O)Nc1ccc2c(c1)N(S(=O)(=O)c1cccc(C(F)(F)F)c1)CC(CC(=O)NOCc1ccc(C(F)(F)F)cc1)O2. The molecule has 230 valence electrons. The Morgan fingerprint density at radius 2 is 1.63 bits per heavy atom. The Morgan fingerprint density at radius 3 is 2.26 bits per heavy atom. The largest absolute Gasteiger partial charge is 0.486 e. The van der Waals surface area contributed by atoms with Crippen LogP contribution < -0.4 is 19.8 Å². The summed E-state index contributed by atoms with van der Waals surface area (Å²) in [5, 5.41) is 11.1. The summed E-state index contributed by atoms with van der Waals surface area (Å²) in [6.07, 6.45) is -12.5. The first kappa shape index (κ1) is 31.4. The number of hydrogen-bond donors (Lipinski definition) is 3. The number of sulfonamides is 1. The second-order valence-corrected chi connectivity index (χ2v) is 11.0. The van der Waals surface area contributed by atoms with Gasteiger partial charge in [-0.15, -0.1) is 0 Å². The number of benzene rings is 3. The summed E-state index contributed by atoms with van der Waals surface area (Å²) in [5.41, 5.74) is 0.0373. The van der Waals surface area contributed by atoms with Crippen molar-refractivity contribution in [2.75, 3.05) is 16.2 Å². The second-order valence-electron chi connectivity index (χ2n) is 9.13. The van der Waals surface area contributed by atoms with Crippen LogP contribution in [0.25, 0.3) is 0 Å². The molecule has 0 bridgehead atoms. The van der Waals surface area contributed by atoms with E-state index in [2.05, 4.69) is 5.48 Å². The van der Waals surface area contributed by atoms with E-state index in [0.717, 1.165) is 42.5 Å². The van der Waals surface area contributed by atoms with Crippen LogP contribution in [-0.2, 0) is 38.6 Å². The molecule has 0 aromatic heterocycles. The predicted octanol–water partition coefficient (Wildman–Crippen LogP) is 5.41. The van der Waals surface area contributed by atoms with E-state index in [-0.39, 0.29) is 23.7 Å². The molecule has 0 spiro atoms. The maximum absolute atomic E-state index is 13.6. The molecule has 0 saturated heterocycles. The van der Waals surface area contributed by atoms with Crippen LogP contribution in [-0.4, -0.2) is 38.2 Å². The number of hydroxylamine groups is 1. The van der Waals surface area contributed by atoms with E-state index in [1.807, 2.05) is 5.32 Å². The van der Waals surface area contributed by atoms with Crippen molar-refractivity contribution in [1.82, 2.24) is 5.48 Å². The quantitative estimate of drug-likeness (QED) is 0.223. The Balaban J connectivity index is 1.52. The van der Waals surface area contributed by atoms with E-state index < -0.39 is 69.5 Å². The van der Waals surface area contributed by atoms with Gasteiger partial charge in [0.15, 0.2) is 0 Å². The Kier molecular flexibility index (Phi) is 8.77. The lowest BCUT2D eigenvalue weighted by molar-refractivity contribution is -0.138. The van der Waals surface area contributed by atoms with E-state index in [1.165, 1.54) is 12.1 Å². The highest BCUT2D eigenvalue weighted by Crippen LogP contribution is 2.40. The van der Waals surface area contributed by atoms with Crippen molar-refractivity contribution in [2.45, 2.75) is 36.4 Å². The van der Waals surface area contributed by atoms with Crippen molar-refractivity contribution in [2.24, 2.45) is 0 Å². The Hall–Kier alpha value is -4.51. The number of carbonyl (C=O) groups excluding carboxylic acids is 1. The molecule has 3 aromatic rings. The van der Waals surface area contributed by atoms with Crippen molar-refractivity contribution in [3.05, 3.63) is 83.4 Å². The molecule has 1 heterocycles. The smallest absolute Gasteiger partial charge is 0.416 e. The standard InChI is InChI=1S/C26H21F6N3O7S/c27-25(28,29)16-6-4-15(5-7-16)14-41-34-23(36)12-19-13-35(21-11-18(33-24(37)38)8-9-22(21)42-19)43(39,40)20-3-1-2-17(10-20)26(30,31)32/h1-11,19,33H,12-14H2,(H,34,36)(H,37,38). The Morgan fingerprint density at radius 1 is 0.953 bits per heavy atom. The van der Waals surface area contributed by atoms with E-state index in [0.29, 0.717) is 22.0 Å². The van der Waals surface area contributed by atoms with Gasteiger partial charge in [-0.1, -0.05) is 18.2 Å². The van der Waals surface area contributed by atoms with E-state index in [4.69, 9.17) is 14.7 Å². The van der Waals surface area contributed by atoms with E-state index in [9.17, 15) is 44.3 Å². The number of carboxylic acid groups (broad SMARTS) is 1. The third-order valence-electron chi connectivity index (χ3n) is 6.01. The second kappa shape index (κ2) is 12.0. The zero-order valence-electron chi connectivity index (χ0n) is 21.6. The lowest BCUT2D eigenvalue weighted by Crippen LogP contribution is -2.45. The molecule has 1 aliphatic rings. The van der Waals surface area contributed by atoms with Gasteiger partial charge in [0.25, 0.3) is 10.0 Å². The molecule has 17 heteroatoms. The molecule has 4 rings (SSSR count). The van der Waals surface area contributed by atoms with Gasteiger partial charge in [-0.2, -0.15) is 26.3 Å². The molecule has 3 aromatic carbocycles. The molecule has 10 nitrogen and oxygen atoms in total. The van der Waals surface area contributed by atoms with Gasteiger partial charge in [0.2, 0.25) is 5.91 Å². The summed E-state index contributed by atoms with van der Waals surface area (Å²) in [4.78, 5) is 27.9. The number of alkyl halides is 6. The minimum atomic E-state index is -4.84. The summed E-state index contributed by atoms with van der Waals surface area (Å²) in [6, 6.07) is 10.6. The summed E-state index contributed by atoms with van der Waals surface area (Å²) < 4.78 is 112. The van der Waals surface area contributed by atoms with E-state index >= 15 is 0 Å². The first-order valence-electron chi connectivity index (χ1n) is 12.1. The van der Waals surface area contributed by atoms with Gasteiger partial charge in [-0.3, -0.25) is 19.3 Å². The number of rotatable bonds is 8. The van der Waals surface area contributed by atoms with Gasteiger partial charge >= 0.3 is 18.4 Å². The van der Waals surface area contributed by atoms with Crippen molar-refractivity contribution in [3.8, 4) is 5.75 Å². The third-order valence-corrected chi connectivity index (χ3v) is 7.79. The predicted molar refractivity (Wildman–Crippen MR) is 137 cm³/mol. The highest BCUT2D eigenvalue weighted by Gasteiger charge is 2.38. The number of amides is 2. The maximum Gasteiger partial charge on any atom is 0.416 e. The molecule has 0 saturated carbocycles. The summed E-state index contributed by atoms with van der Waals surface area (Å²) in [5.74, 6) is -0.915. The zero-order valence-corrected chi connectivity index (χ0v) is 22.4. The van der Waals surface area contributed by atoms with Gasteiger partial charge in [-0.25, -0.2) is 18.7 Å². The highest BCUT2D eigenvalue weighted by atomic mass is 32.2. The number of halogens is 6. The van der Waals surface area contributed by atoms with Crippen LogP contribution in [0.1, 0.15) is 23.1 Å². The molecular weight excluding hydrogens is 612 g/mol. The fraction of sp³-hybridized carbons (Fsp3) is 0.231. The highest BCUT2D eigenvalue weighted by molar-refractivity contribution is 7.92. The third kappa shape index (κ3) is 7.66. The van der Waals surface area contributed by atoms with Crippen LogP contribution in [0.15, 0.2) is 71.6 Å². The van der Waals surface area contributed by atoms with Crippen LogP contribution >= 0.6 is 0 Å². The molecule has 0 aliphatic carbocycles. The number of nitrogens with one attached hydrogen (secondary N) is 2. The first-order chi connectivity index (χ1) is 20.0. The molecule has 1 aliphatic heterocycles. The fourth-order valence-electron chi connectivity index (χ4n) is 4.05. The number of ether oxygens (including phenoxy) is 1. The first-order valence-corrected chi connectivity index (χ1v) is 13.6. The minimum absolute atomic E-state index is 0.0630. The topological polar surface area (TPSA) is 134 Å². The van der Waals surface area contributed by atoms with Crippen LogP contribution in [0, 0.1) is 0 Å². The molecule has 43 heavy (non-hydrogen) atoms. The number of nitrogens with zero attached hydrogens (tertiary/aromatic N) is 1. The van der Waals surface area contributed by atoms with Crippen molar-refractivity contribution < 1.29 is 59.0 Å². The van der Waals surface area contributed by atoms with Crippen LogP contribution in [0.2, 0.25) is 0 Å². The zero-order chi connectivity index (χ0) is 31.6. The minimum Gasteiger partial charge on any atom is -0.486 e. The number of carbonyl (C=O) groups is 2. The number of fused-ring (bicyclic) bond motifs is 1. The van der Waals surface area contributed by atoms with Crippen LogP contribution in [0.4, 0.5) is 42.5 Å². The number of hydrogen-bond acceptors (Lipinski definition) is 6. The molecule has 0 fully saturated rings. The van der Waals surface area contributed by atoms with Crippen molar-refractivity contribution in [1.29, 1.82) is 0 Å². The van der Waals surface area contributed by atoms with Crippen molar-refractivity contribution >= 4 is 33.4 Å².